The van der Waals surface area contributed by atoms with Crippen molar-refractivity contribution in [1.29, 1.82) is 0 Å². The first-order chi connectivity index (χ1) is 5.66. The van der Waals surface area contributed by atoms with Crippen LogP contribution in [0.25, 0.3) is 0 Å². The lowest BCUT2D eigenvalue weighted by atomic mass is 10.1. The zero-order valence-electron chi connectivity index (χ0n) is 6.66. The molecule has 0 unspecified atom stereocenters. The molecular formula is C8H9BrClNO2. The summed E-state index contributed by atoms with van der Waals surface area (Å²) in [6.45, 7) is 0.237. The summed E-state index contributed by atoms with van der Waals surface area (Å²) in [5.74, 6) is -0.956. The smallest absolute Gasteiger partial charge is 0.337 e. The molecule has 1 rings (SSSR count). The van der Waals surface area contributed by atoms with Crippen molar-refractivity contribution in [3.63, 3.8) is 0 Å². The Hall–Kier alpha value is -0.580. The van der Waals surface area contributed by atoms with E-state index in [1.807, 2.05) is 0 Å². The molecule has 1 aromatic rings. The first-order valence-electron chi connectivity index (χ1n) is 3.37. The number of nitrogens with two attached hydrogens (primary N) is 1. The van der Waals surface area contributed by atoms with Gasteiger partial charge in [0.2, 0.25) is 0 Å². The van der Waals surface area contributed by atoms with Crippen molar-refractivity contribution in [3.8, 4) is 0 Å². The Bertz CT molecular complexity index is 317. The highest BCUT2D eigenvalue weighted by atomic mass is 79.9. The molecule has 3 N–H and O–H groups in total. The van der Waals surface area contributed by atoms with Gasteiger partial charge >= 0.3 is 5.97 Å². The van der Waals surface area contributed by atoms with E-state index < -0.39 is 5.97 Å². The van der Waals surface area contributed by atoms with Crippen LogP contribution >= 0.6 is 28.3 Å². The number of rotatable bonds is 2. The van der Waals surface area contributed by atoms with Crippen LogP contribution in [-0.4, -0.2) is 11.1 Å². The normalized spacial score (nSPS) is 9.08. The van der Waals surface area contributed by atoms with Gasteiger partial charge in [0.05, 0.1) is 5.56 Å². The monoisotopic (exact) mass is 265 g/mol. The van der Waals surface area contributed by atoms with E-state index >= 15 is 0 Å². The fourth-order valence-electron chi connectivity index (χ4n) is 0.978. The molecule has 0 atom stereocenters. The number of hydrogen-bond acceptors (Lipinski definition) is 2. The van der Waals surface area contributed by atoms with E-state index in [-0.39, 0.29) is 24.5 Å². The predicted octanol–water partition coefficient (Wildman–Crippen LogP) is 2.03. The zero-order chi connectivity index (χ0) is 9.14. The number of benzene rings is 1. The highest BCUT2D eigenvalue weighted by Gasteiger charge is 2.11. The third-order valence-corrected chi connectivity index (χ3v) is 2.19. The number of carboxylic acid groups (broad SMARTS) is 1. The van der Waals surface area contributed by atoms with E-state index in [1.165, 1.54) is 0 Å². The first kappa shape index (κ1) is 12.4. The van der Waals surface area contributed by atoms with Crippen molar-refractivity contribution in [1.82, 2.24) is 0 Å². The van der Waals surface area contributed by atoms with Gasteiger partial charge in [-0.25, -0.2) is 4.79 Å². The molecule has 3 nitrogen and oxygen atoms in total. The third-order valence-electron chi connectivity index (χ3n) is 1.53. The van der Waals surface area contributed by atoms with Gasteiger partial charge in [-0.1, -0.05) is 12.1 Å². The van der Waals surface area contributed by atoms with Crippen molar-refractivity contribution in [2.24, 2.45) is 5.73 Å². The van der Waals surface area contributed by atoms with Crippen molar-refractivity contribution in [2.75, 3.05) is 0 Å². The lowest BCUT2D eigenvalue weighted by Gasteiger charge is -2.04. The molecule has 72 valence electrons. The minimum Gasteiger partial charge on any atom is -0.478 e. The van der Waals surface area contributed by atoms with Crippen LogP contribution in [0.5, 0.6) is 0 Å². The number of hydrogen-bond donors (Lipinski definition) is 2. The standard InChI is InChI=1S/C8H8BrNO2.ClH/c9-6-3-1-2-5(4-10)7(6)8(11)12;/h1-3H,4,10H2,(H,11,12);1H. The molecule has 0 saturated carbocycles. The van der Waals surface area contributed by atoms with E-state index in [9.17, 15) is 4.79 Å². The van der Waals surface area contributed by atoms with Crippen molar-refractivity contribution < 1.29 is 9.90 Å². The summed E-state index contributed by atoms with van der Waals surface area (Å²) in [6.07, 6.45) is 0. The zero-order valence-corrected chi connectivity index (χ0v) is 9.06. The third kappa shape index (κ3) is 2.69. The molecule has 0 fully saturated rings. The van der Waals surface area contributed by atoms with E-state index in [0.29, 0.717) is 10.0 Å². The van der Waals surface area contributed by atoms with E-state index in [2.05, 4.69) is 15.9 Å². The molecule has 0 spiro atoms. The van der Waals surface area contributed by atoms with E-state index in [0.717, 1.165) is 0 Å². The summed E-state index contributed by atoms with van der Waals surface area (Å²) < 4.78 is 0.568. The maximum absolute atomic E-state index is 10.7. The van der Waals surface area contributed by atoms with Gasteiger partial charge in [0.15, 0.2) is 0 Å². The minimum absolute atomic E-state index is 0. The largest absolute Gasteiger partial charge is 0.478 e. The second kappa shape index (κ2) is 5.21. The molecule has 0 aliphatic heterocycles. The predicted molar refractivity (Wildman–Crippen MR) is 56.2 cm³/mol. The van der Waals surface area contributed by atoms with Gasteiger partial charge in [-0.15, -0.1) is 12.4 Å². The topological polar surface area (TPSA) is 63.3 Å². The van der Waals surface area contributed by atoms with Crippen molar-refractivity contribution in [2.45, 2.75) is 6.54 Å². The second-order valence-corrected chi connectivity index (χ2v) is 3.14. The maximum atomic E-state index is 10.7. The van der Waals surface area contributed by atoms with E-state index in [4.69, 9.17) is 10.8 Å². The van der Waals surface area contributed by atoms with Crippen LogP contribution in [0.4, 0.5) is 0 Å². The summed E-state index contributed by atoms with van der Waals surface area (Å²) in [7, 11) is 0. The van der Waals surface area contributed by atoms with Gasteiger partial charge in [0.25, 0.3) is 0 Å². The van der Waals surface area contributed by atoms with Gasteiger partial charge < -0.3 is 10.8 Å². The Morgan fingerprint density at radius 3 is 2.54 bits per heavy atom. The summed E-state index contributed by atoms with van der Waals surface area (Å²) in [6, 6.07) is 5.15. The minimum atomic E-state index is -0.956. The van der Waals surface area contributed by atoms with Gasteiger partial charge in [0, 0.05) is 11.0 Å². The van der Waals surface area contributed by atoms with Crippen LogP contribution in [0.15, 0.2) is 22.7 Å². The Balaban J connectivity index is 0.00000144. The Morgan fingerprint density at radius 2 is 2.15 bits per heavy atom. The van der Waals surface area contributed by atoms with Crippen molar-refractivity contribution in [3.05, 3.63) is 33.8 Å². The fraction of sp³-hybridized carbons (Fsp3) is 0.125. The Morgan fingerprint density at radius 1 is 1.54 bits per heavy atom. The van der Waals surface area contributed by atoms with Gasteiger partial charge in [-0.3, -0.25) is 0 Å². The highest BCUT2D eigenvalue weighted by molar-refractivity contribution is 9.10. The molecule has 0 aliphatic rings. The summed E-state index contributed by atoms with van der Waals surface area (Å²) in [5, 5.41) is 8.79. The molecule has 0 saturated heterocycles. The van der Waals surface area contributed by atoms with Crippen LogP contribution in [0.3, 0.4) is 0 Å². The average Bonchev–Trinajstić information content (AvgIpc) is 2.03. The number of aromatic carboxylic acids is 1. The lowest BCUT2D eigenvalue weighted by Crippen LogP contribution is -2.07. The molecule has 0 aliphatic carbocycles. The van der Waals surface area contributed by atoms with Gasteiger partial charge in [0.1, 0.15) is 0 Å². The summed E-state index contributed by atoms with van der Waals surface area (Å²) in [5.41, 5.74) is 6.26. The summed E-state index contributed by atoms with van der Waals surface area (Å²) >= 11 is 3.15. The molecular weight excluding hydrogens is 257 g/mol. The van der Waals surface area contributed by atoms with Crippen LogP contribution in [-0.2, 0) is 6.54 Å². The van der Waals surface area contributed by atoms with Gasteiger partial charge in [-0.05, 0) is 27.6 Å². The molecule has 5 heteroatoms. The van der Waals surface area contributed by atoms with Crippen LogP contribution in [0.1, 0.15) is 15.9 Å². The van der Waals surface area contributed by atoms with Crippen LogP contribution < -0.4 is 5.73 Å². The number of halogens is 2. The maximum Gasteiger partial charge on any atom is 0.337 e. The average molecular weight is 267 g/mol. The second-order valence-electron chi connectivity index (χ2n) is 2.28. The Kier molecular flexibility index (Phi) is 4.98. The molecule has 0 heterocycles. The molecule has 1 aromatic carbocycles. The lowest BCUT2D eigenvalue weighted by molar-refractivity contribution is 0.0694. The molecule has 0 radical (unpaired) electrons. The first-order valence-corrected chi connectivity index (χ1v) is 4.17. The van der Waals surface area contributed by atoms with Gasteiger partial charge in [-0.2, -0.15) is 0 Å². The molecule has 0 aromatic heterocycles. The highest BCUT2D eigenvalue weighted by Crippen LogP contribution is 2.20. The van der Waals surface area contributed by atoms with Crippen molar-refractivity contribution >= 4 is 34.3 Å². The van der Waals surface area contributed by atoms with Crippen LogP contribution in [0.2, 0.25) is 0 Å². The molecule has 0 amide bonds. The van der Waals surface area contributed by atoms with Crippen LogP contribution in [0, 0.1) is 0 Å². The molecule has 13 heavy (non-hydrogen) atoms. The van der Waals surface area contributed by atoms with E-state index in [1.54, 1.807) is 18.2 Å². The number of carboxylic acids is 1. The number of carbonyl (C=O) groups is 1. The summed E-state index contributed by atoms with van der Waals surface area (Å²) in [4.78, 5) is 10.7. The SMILES string of the molecule is Cl.NCc1cccc(Br)c1C(=O)O. The Labute approximate surface area is 90.5 Å². The quantitative estimate of drug-likeness (QED) is 0.861. The fourth-order valence-corrected chi connectivity index (χ4v) is 1.56. The molecule has 0 bridgehead atoms.